The van der Waals surface area contributed by atoms with Gasteiger partial charge in [0.25, 0.3) is 0 Å². The Bertz CT molecular complexity index is 176. The van der Waals surface area contributed by atoms with Gasteiger partial charge in [-0.2, -0.15) is 0 Å². The Morgan fingerprint density at radius 1 is 1.64 bits per heavy atom. The minimum absolute atomic E-state index is 0.0894. The van der Waals surface area contributed by atoms with Gasteiger partial charge in [0.15, 0.2) is 0 Å². The van der Waals surface area contributed by atoms with Gasteiger partial charge in [0.05, 0.1) is 19.1 Å². The molecule has 2 aliphatic heterocycles. The standard InChI is InChI=1S/C8H12O3/c1-10-7(9)8-2-6(3-8)4-11-5-8/h6H,2-5H2,1H3. The van der Waals surface area contributed by atoms with E-state index in [0.29, 0.717) is 12.5 Å². The first-order chi connectivity index (χ1) is 5.27. The molecule has 3 fully saturated rings. The molecule has 1 saturated carbocycles. The summed E-state index contributed by atoms with van der Waals surface area (Å²) in [6.45, 7) is 1.40. The minimum Gasteiger partial charge on any atom is -0.469 e. The molecule has 0 aromatic rings. The van der Waals surface area contributed by atoms with Crippen LogP contribution in [0.15, 0.2) is 0 Å². The van der Waals surface area contributed by atoms with Crippen LogP contribution in [0.4, 0.5) is 0 Å². The Hall–Kier alpha value is -0.570. The fourth-order valence-electron chi connectivity index (χ4n) is 2.14. The molecule has 62 valence electrons. The molecule has 11 heavy (non-hydrogen) atoms. The third kappa shape index (κ3) is 0.872. The second-order valence-electron chi connectivity index (χ2n) is 3.56. The largest absolute Gasteiger partial charge is 0.469 e. The lowest BCUT2D eigenvalue weighted by molar-refractivity contribution is -0.187. The van der Waals surface area contributed by atoms with Crippen LogP contribution >= 0.6 is 0 Å². The van der Waals surface area contributed by atoms with E-state index in [-0.39, 0.29) is 11.4 Å². The molecule has 0 atom stereocenters. The van der Waals surface area contributed by atoms with E-state index in [0.717, 1.165) is 19.4 Å². The van der Waals surface area contributed by atoms with Crippen LogP contribution < -0.4 is 0 Å². The molecule has 3 rings (SSSR count). The fraction of sp³-hybridized carbons (Fsp3) is 0.875. The Morgan fingerprint density at radius 3 is 2.82 bits per heavy atom. The maximum Gasteiger partial charge on any atom is 0.314 e. The van der Waals surface area contributed by atoms with Gasteiger partial charge in [-0.1, -0.05) is 0 Å². The van der Waals surface area contributed by atoms with Crippen LogP contribution in [0.2, 0.25) is 0 Å². The summed E-state index contributed by atoms with van der Waals surface area (Å²) >= 11 is 0. The van der Waals surface area contributed by atoms with E-state index in [1.54, 1.807) is 0 Å². The van der Waals surface area contributed by atoms with Gasteiger partial charge in [-0.15, -0.1) is 0 Å². The van der Waals surface area contributed by atoms with Crippen molar-refractivity contribution in [3.8, 4) is 0 Å². The number of esters is 1. The summed E-state index contributed by atoms with van der Waals surface area (Å²) < 4.78 is 9.97. The highest BCUT2D eigenvalue weighted by Gasteiger charge is 2.54. The normalized spacial score (nSPS) is 41.0. The zero-order valence-electron chi connectivity index (χ0n) is 6.63. The van der Waals surface area contributed by atoms with Gasteiger partial charge >= 0.3 is 5.97 Å². The van der Waals surface area contributed by atoms with Crippen molar-refractivity contribution < 1.29 is 14.3 Å². The molecule has 0 unspecified atom stereocenters. The summed E-state index contributed by atoms with van der Waals surface area (Å²) in [4.78, 5) is 11.2. The topological polar surface area (TPSA) is 35.5 Å². The summed E-state index contributed by atoms with van der Waals surface area (Å²) in [7, 11) is 1.44. The number of fused-ring (bicyclic) bond motifs is 2. The molecule has 3 aliphatic rings. The summed E-state index contributed by atoms with van der Waals surface area (Å²) in [5, 5.41) is 0. The molecular weight excluding hydrogens is 144 g/mol. The molecule has 0 N–H and O–H groups in total. The van der Waals surface area contributed by atoms with Gasteiger partial charge in [0.2, 0.25) is 0 Å². The van der Waals surface area contributed by atoms with Crippen molar-refractivity contribution >= 4 is 5.97 Å². The molecule has 3 heteroatoms. The molecule has 0 amide bonds. The third-order valence-electron chi connectivity index (χ3n) is 2.71. The number of hydrogen-bond donors (Lipinski definition) is 0. The second-order valence-corrected chi connectivity index (χ2v) is 3.56. The average molecular weight is 156 g/mol. The van der Waals surface area contributed by atoms with Crippen LogP contribution in [0.5, 0.6) is 0 Å². The van der Waals surface area contributed by atoms with E-state index >= 15 is 0 Å². The number of ether oxygens (including phenoxy) is 2. The van der Waals surface area contributed by atoms with E-state index in [4.69, 9.17) is 9.47 Å². The highest BCUT2D eigenvalue weighted by Crippen LogP contribution is 2.50. The van der Waals surface area contributed by atoms with Crippen LogP contribution in [0.25, 0.3) is 0 Å². The smallest absolute Gasteiger partial charge is 0.314 e. The number of methoxy groups -OCH3 is 1. The highest BCUT2D eigenvalue weighted by molar-refractivity contribution is 5.78. The van der Waals surface area contributed by atoms with Crippen LogP contribution in [0.3, 0.4) is 0 Å². The SMILES string of the molecule is COC(=O)C12COCC(C1)C2. The Kier molecular flexibility index (Phi) is 1.42. The predicted molar refractivity (Wildman–Crippen MR) is 38.0 cm³/mol. The lowest BCUT2D eigenvalue weighted by atomic mass is 9.61. The maximum absolute atomic E-state index is 11.2. The maximum atomic E-state index is 11.2. The first-order valence-corrected chi connectivity index (χ1v) is 3.93. The molecule has 0 radical (unpaired) electrons. The molecule has 0 spiro atoms. The van der Waals surface area contributed by atoms with E-state index in [1.807, 2.05) is 0 Å². The summed E-state index contributed by atoms with van der Waals surface area (Å²) in [6, 6.07) is 0. The van der Waals surface area contributed by atoms with Crippen LogP contribution in [-0.4, -0.2) is 26.3 Å². The molecular formula is C8H12O3. The van der Waals surface area contributed by atoms with E-state index < -0.39 is 0 Å². The predicted octanol–water partition coefficient (Wildman–Crippen LogP) is 0.586. The molecule has 1 aliphatic carbocycles. The van der Waals surface area contributed by atoms with Gasteiger partial charge in [0.1, 0.15) is 0 Å². The van der Waals surface area contributed by atoms with E-state index in [1.165, 1.54) is 7.11 Å². The summed E-state index contributed by atoms with van der Waals surface area (Å²) in [5.41, 5.74) is -0.252. The Balaban J connectivity index is 2.06. The van der Waals surface area contributed by atoms with Crippen LogP contribution in [-0.2, 0) is 14.3 Å². The number of carbonyl (C=O) groups is 1. The third-order valence-corrected chi connectivity index (χ3v) is 2.71. The van der Waals surface area contributed by atoms with Gasteiger partial charge < -0.3 is 9.47 Å². The first-order valence-electron chi connectivity index (χ1n) is 3.93. The zero-order valence-corrected chi connectivity index (χ0v) is 6.63. The van der Waals surface area contributed by atoms with Gasteiger partial charge in [0, 0.05) is 6.61 Å². The Labute approximate surface area is 65.7 Å². The van der Waals surface area contributed by atoms with Crippen molar-refractivity contribution in [2.75, 3.05) is 20.3 Å². The molecule has 2 bridgehead atoms. The molecule has 2 heterocycles. The molecule has 0 aromatic heterocycles. The first kappa shape index (κ1) is 7.10. The number of hydrogen-bond acceptors (Lipinski definition) is 3. The van der Waals surface area contributed by atoms with Crippen molar-refractivity contribution in [1.29, 1.82) is 0 Å². The van der Waals surface area contributed by atoms with Crippen molar-refractivity contribution in [3.63, 3.8) is 0 Å². The molecule has 3 nitrogen and oxygen atoms in total. The van der Waals surface area contributed by atoms with Crippen molar-refractivity contribution in [2.45, 2.75) is 12.8 Å². The highest BCUT2D eigenvalue weighted by atomic mass is 16.5. The fourth-order valence-corrected chi connectivity index (χ4v) is 2.14. The van der Waals surface area contributed by atoms with Crippen LogP contribution in [0.1, 0.15) is 12.8 Å². The van der Waals surface area contributed by atoms with E-state index in [9.17, 15) is 4.79 Å². The Morgan fingerprint density at radius 2 is 2.36 bits per heavy atom. The summed E-state index contributed by atoms with van der Waals surface area (Å²) in [6.07, 6.45) is 1.94. The number of rotatable bonds is 1. The lowest BCUT2D eigenvalue weighted by Gasteiger charge is -2.49. The summed E-state index contributed by atoms with van der Waals surface area (Å²) in [5.74, 6) is 0.524. The van der Waals surface area contributed by atoms with Crippen molar-refractivity contribution in [1.82, 2.24) is 0 Å². The van der Waals surface area contributed by atoms with E-state index in [2.05, 4.69) is 0 Å². The molecule has 2 saturated heterocycles. The van der Waals surface area contributed by atoms with Gasteiger partial charge in [-0.25, -0.2) is 0 Å². The average Bonchev–Trinajstić information content (AvgIpc) is 2.02. The lowest BCUT2D eigenvalue weighted by Crippen LogP contribution is -2.53. The number of carbonyl (C=O) groups excluding carboxylic acids is 1. The minimum atomic E-state index is -0.252. The second kappa shape index (κ2) is 2.21. The van der Waals surface area contributed by atoms with Gasteiger partial charge in [-0.3, -0.25) is 4.79 Å². The molecule has 0 aromatic carbocycles. The van der Waals surface area contributed by atoms with Gasteiger partial charge in [-0.05, 0) is 18.8 Å². The quantitative estimate of drug-likeness (QED) is 0.521. The zero-order chi connectivity index (χ0) is 7.90. The van der Waals surface area contributed by atoms with Crippen molar-refractivity contribution in [2.24, 2.45) is 11.3 Å². The monoisotopic (exact) mass is 156 g/mol. The van der Waals surface area contributed by atoms with Crippen LogP contribution in [0, 0.1) is 11.3 Å². The van der Waals surface area contributed by atoms with Crippen molar-refractivity contribution in [3.05, 3.63) is 0 Å².